The molecule has 2 N–H and O–H groups in total. The van der Waals surface area contributed by atoms with Crippen molar-refractivity contribution < 1.29 is 4.79 Å². The van der Waals surface area contributed by atoms with Gasteiger partial charge in [0.25, 0.3) is 5.91 Å². The molecular weight excluding hydrogens is 240 g/mol. The molecule has 0 aliphatic rings. The summed E-state index contributed by atoms with van der Waals surface area (Å²) in [7, 11) is 0. The third-order valence-corrected chi connectivity index (χ3v) is 2.99. The van der Waals surface area contributed by atoms with Crippen LogP contribution in [0.2, 0.25) is 0 Å². The number of carbonyl (C=O) groups is 1. The number of pyridine rings is 1. The Morgan fingerprint density at radius 2 is 2.05 bits per heavy atom. The molecule has 1 aromatic carbocycles. The number of aromatic nitrogens is 1. The van der Waals surface area contributed by atoms with E-state index in [0.29, 0.717) is 29.1 Å². The maximum absolute atomic E-state index is 11.9. The molecule has 1 aromatic heterocycles. The summed E-state index contributed by atoms with van der Waals surface area (Å²) in [5.41, 5.74) is 0.861. The van der Waals surface area contributed by atoms with Crippen LogP contribution in [0.25, 0.3) is 10.9 Å². The van der Waals surface area contributed by atoms with E-state index in [2.05, 4.69) is 24.1 Å². The average molecular weight is 258 g/mol. The van der Waals surface area contributed by atoms with E-state index in [0.717, 1.165) is 6.42 Å². The molecule has 19 heavy (non-hydrogen) atoms. The van der Waals surface area contributed by atoms with Gasteiger partial charge < -0.3 is 10.3 Å². The van der Waals surface area contributed by atoms with E-state index in [9.17, 15) is 9.59 Å². The molecule has 0 atom stereocenters. The summed E-state index contributed by atoms with van der Waals surface area (Å²) in [4.78, 5) is 26.8. The van der Waals surface area contributed by atoms with Crippen molar-refractivity contribution in [3.8, 4) is 0 Å². The molecule has 0 fully saturated rings. The van der Waals surface area contributed by atoms with Gasteiger partial charge in [-0.15, -0.1) is 0 Å². The molecule has 0 bridgehead atoms. The molecule has 2 aromatic rings. The van der Waals surface area contributed by atoms with Gasteiger partial charge in [0.15, 0.2) is 5.43 Å². The van der Waals surface area contributed by atoms with Crippen LogP contribution in [0.15, 0.2) is 35.1 Å². The van der Waals surface area contributed by atoms with Crippen LogP contribution in [0, 0.1) is 5.92 Å². The van der Waals surface area contributed by atoms with Crippen molar-refractivity contribution in [1.29, 1.82) is 0 Å². The number of aromatic amines is 1. The van der Waals surface area contributed by atoms with Crippen LogP contribution in [-0.2, 0) is 0 Å². The van der Waals surface area contributed by atoms with Gasteiger partial charge in [0.05, 0.1) is 0 Å². The molecule has 0 aliphatic heterocycles. The van der Waals surface area contributed by atoms with Gasteiger partial charge in [0.1, 0.15) is 5.69 Å². The number of para-hydroxylation sites is 1. The monoisotopic (exact) mass is 258 g/mol. The van der Waals surface area contributed by atoms with E-state index >= 15 is 0 Å². The maximum Gasteiger partial charge on any atom is 0.267 e. The molecule has 4 nitrogen and oxygen atoms in total. The molecule has 0 unspecified atom stereocenters. The molecule has 1 heterocycles. The molecule has 0 radical (unpaired) electrons. The van der Waals surface area contributed by atoms with Crippen molar-refractivity contribution in [2.24, 2.45) is 5.92 Å². The van der Waals surface area contributed by atoms with E-state index in [4.69, 9.17) is 0 Å². The van der Waals surface area contributed by atoms with Crippen LogP contribution in [0.3, 0.4) is 0 Å². The largest absolute Gasteiger partial charge is 0.351 e. The molecule has 0 saturated carbocycles. The zero-order valence-corrected chi connectivity index (χ0v) is 11.2. The van der Waals surface area contributed by atoms with E-state index in [1.54, 1.807) is 18.2 Å². The Morgan fingerprint density at radius 1 is 1.32 bits per heavy atom. The smallest absolute Gasteiger partial charge is 0.267 e. The average Bonchev–Trinajstić information content (AvgIpc) is 2.38. The fourth-order valence-corrected chi connectivity index (χ4v) is 1.89. The van der Waals surface area contributed by atoms with Crippen LogP contribution in [-0.4, -0.2) is 17.4 Å². The summed E-state index contributed by atoms with van der Waals surface area (Å²) in [6, 6.07) is 8.53. The van der Waals surface area contributed by atoms with Crippen molar-refractivity contribution in [2.75, 3.05) is 6.54 Å². The third kappa shape index (κ3) is 3.22. The first-order valence-corrected chi connectivity index (χ1v) is 6.48. The van der Waals surface area contributed by atoms with Crippen LogP contribution in [0.4, 0.5) is 0 Å². The van der Waals surface area contributed by atoms with Gasteiger partial charge in [-0.3, -0.25) is 9.59 Å². The number of rotatable bonds is 4. The predicted octanol–water partition coefficient (Wildman–Crippen LogP) is 2.30. The van der Waals surface area contributed by atoms with E-state index < -0.39 is 0 Å². The van der Waals surface area contributed by atoms with Crippen molar-refractivity contribution in [2.45, 2.75) is 20.3 Å². The lowest BCUT2D eigenvalue weighted by molar-refractivity contribution is 0.0947. The van der Waals surface area contributed by atoms with Crippen molar-refractivity contribution in [1.82, 2.24) is 10.3 Å². The summed E-state index contributed by atoms with van der Waals surface area (Å²) >= 11 is 0. The second-order valence-corrected chi connectivity index (χ2v) is 5.03. The Labute approximate surface area is 111 Å². The van der Waals surface area contributed by atoms with Gasteiger partial charge in [-0.25, -0.2) is 0 Å². The summed E-state index contributed by atoms with van der Waals surface area (Å²) in [5, 5.41) is 3.41. The Bertz CT molecular complexity index is 644. The van der Waals surface area contributed by atoms with Gasteiger partial charge in [-0.2, -0.15) is 0 Å². The Kier molecular flexibility index (Phi) is 4.00. The first-order valence-electron chi connectivity index (χ1n) is 6.48. The van der Waals surface area contributed by atoms with E-state index in [1.807, 2.05) is 6.07 Å². The number of carbonyl (C=O) groups excluding carboxylic acids is 1. The lowest BCUT2D eigenvalue weighted by Gasteiger charge is -2.08. The molecule has 0 saturated heterocycles. The highest BCUT2D eigenvalue weighted by Gasteiger charge is 2.09. The number of benzene rings is 1. The van der Waals surface area contributed by atoms with Crippen LogP contribution in [0.1, 0.15) is 30.8 Å². The summed E-state index contributed by atoms with van der Waals surface area (Å²) in [6.07, 6.45) is 0.920. The second kappa shape index (κ2) is 5.69. The van der Waals surface area contributed by atoms with Crippen molar-refractivity contribution in [3.05, 3.63) is 46.2 Å². The van der Waals surface area contributed by atoms with Crippen molar-refractivity contribution >= 4 is 16.8 Å². The molecule has 2 rings (SSSR count). The molecule has 1 amide bonds. The van der Waals surface area contributed by atoms with E-state index in [-0.39, 0.29) is 11.3 Å². The number of H-pyrrole nitrogens is 1. The highest BCUT2D eigenvalue weighted by molar-refractivity contribution is 5.94. The quantitative estimate of drug-likeness (QED) is 0.884. The Balaban J connectivity index is 2.21. The number of amides is 1. The van der Waals surface area contributed by atoms with Gasteiger partial charge in [0.2, 0.25) is 0 Å². The third-order valence-electron chi connectivity index (χ3n) is 2.99. The first-order chi connectivity index (χ1) is 9.08. The molecule has 0 spiro atoms. The van der Waals surface area contributed by atoms with Crippen LogP contribution < -0.4 is 10.7 Å². The standard InChI is InChI=1S/C15H18N2O2/c1-10(2)7-8-16-15(19)13-9-14(18)11-5-3-4-6-12(11)17-13/h3-6,9-10H,7-8H2,1-2H3,(H,16,19)(H,17,18). The fraction of sp³-hybridized carbons (Fsp3) is 0.333. The minimum Gasteiger partial charge on any atom is -0.351 e. The zero-order valence-electron chi connectivity index (χ0n) is 11.2. The van der Waals surface area contributed by atoms with Gasteiger partial charge in [-0.05, 0) is 24.5 Å². The highest BCUT2D eigenvalue weighted by atomic mass is 16.2. The Morgan fingerprint density at radius 3 is 2.79 bits per heavy atom. The minimum atomic E-state index is -0.233. The van der Waals surface area contributed by atoms with Gasteiger partial charge >= 0.3 is 0 Å². The normalized spacial score (nSPS) is 10.9. The first kappa shape index (κ1) is 13.3. The minimum absolute atomic E-state index is 0.136. The van der Waals surface area contributed by atoms with Crippen molar-refractivity contribution in [3.63, 3.8) is 0 Å². The van der Waals surface area contributed by atoms with Gasteiger partial charge in [0, 0.05) is 23.5 Å². The number of fused-ring (bicyclic) bond motifs is 1. The Hall–Kier alpha value is -2.10. The number of hydrogen-bond acceptors (Lipinski definition) is 2. The van der Waals surface area contributed by atoms with Crippen LogP contribution in [0.5, 0.6) is 0 Å². The van der Waals surface area contributed by atoms with Crippen LogP contribution >= 0.6 is 0 Å². The predicted molar refractivity (Wildman–Crippen MR) is 76.4 cm³/mol. The molecule has 4 heteroatoms. The molecule has 100 valence electrons. The summed E-state index contributed by atoms with van der Waals surface area (Å²) in [6.45, 7) is 4.82. The zero-order chi connectivity index (χ0) is 13.8. The topological polar surface area (TPSA) is 62.0 Å². The maximum atomic E-state index is 11.9. The lowest BCUT2D eigenvalue weighted by Crippen LogP contribution is -2.27. The summed E-state index contributed by atoms with van der Waals surface area (Å²) in [5.74, 6) is 0.305. The SMILES string of the molecule is CC(C)CCNC(=O)c1cc(=O)c2ccccc2[nH]1. The highest BCUT2D eigenvalue weighted by Crippen LogP contribution is 2.07. The molecule has 0 aliphatic carbocycles. The van der Waals surface area contributed by atoms with Gasteiger partial charge in [-0.1, -0.05) is 26.0 Å². The summed E-state index contributed by atoms with van der Waals surface area (Å²) < 4.78 is 0. The molecular formula is C15H18N2O2. The fourth-order valence-electron chi connectivity index (χ4n) is 1.89. The number of hydrogen-bond donors (Lipinski definition) is 2. The lowest BCUT2D eigenvalue weighted by atomic mass is 10.1. The number of nitrogens with one attached hydrogen (secondary N) is 2. The van der Waals surface area contributed by atoms with E-state index in [1.165, 1.54) is 6.07 Å². The second-order valence-electron chi connectivity index (χ2n) is 5.03.